The number of rotatable bonds is 0. The van der Waals surface area contributed by atoms with E-state index < -0.39 is 15.9 Å². The molecule has 0 radical (unpaired) electrons. The third kappa shape index (κ3) is 1.43. The lowest BCUT2D eigenvalue weighted by molar-refractivity contribution is -0.112. The lowest BCUT2D eigenvalue weighted by Gasteiger charge is -2.34. The fourth-order valence-electron chi connectivity index (χ4n) is 2.30. The Morgan fingerprint density at radius 2 is 1.81 bits per heavy atom. The van der Waals surface area contributed by atoms with Gasteiger partial charge < -0.3 is 4.74 Å². The van der Waals surface area contributed by atoms with Crippen LogP contribution in [-0.2, 0) is 14.3 Å². The molecule has 0 aromatic heterocycles. The van der Waals surface area contributed by atoms with Crippen LogP contribution in [0.4, 0.5) is 0 Å². The third-order valence-electron chi connectivity index (χ3n) is 3.04. The van der Waals surface area contributed by atoms with Crippen LogP contribution in [0.25, 0.3) is 0 Å². The molecule has 5 heteroatoms. The molecule has 0 atom stereocenters. The van der Waals surface area contributed by atoms with Gasteiger partial charge in [0.05, 0.1) is 0 Å². The highest BCUT2D eigenvalue weighted by atomic mass is 32.2. The second-order valence-corrected chi connectivity index (χ2v) is 5.72. The molecule has 1 heterocycles. The molecular formula is C11H12O4S. The van der Waals surface area contributed by atoms with Crippen LogP contribution in [-0.4, -0.2) is 14.2 Å². The van der Waals surface area contributed by atoms with Gasteiger partial charge in [-0.1, -0.05) is 12.1 Å². The molecule has 0 bridgehead atoms. The molecule has 1 saturated carbocycles. The Morgan fingerprint density at radius 3 is 2.56 bits per heavy atom. The van der Waals surface area contributed by atoms with Crippen molar-refractivity contribution in [3.63, 3.8) is 0 Å². The average Bonchev–Trinajstić information content (AvgIpc) is 2.65. The van der Waals surface area contributed by atoms with Crippen LogP contribution in [0.3, 0.4) is 0 Å². The Kier molecular flexibility index (Phi) is 2.03. The lowest BCUT2D eigenvalue weighted by atomic mass is 10.2. The van der Waals surface area contributed by atoms with E-state index in [0.29, 0.717) is 18.6 Å². The summed E-state index contributed by atoms with van der Waals surface area (Å²) in [7, 11) is -3.66. The Hall–Kier alpha value is -1.07. The van der Waals surface area contributed by atoms with E-state index in [4.69, 9.17) is 8.92 Å². The maximum atomic E-state index is 11.9. The fourth-order valence-corrected chi connectivity index (χ4v) is 3.59. The van der Waals surface area contributed by atoms with Crippen molar-refractivity contribution in [2.24, 2.45) is 0 Å². The summed E-state index contributed by atoms with van der Waals surface area (Å²) in [4.78, 5) is 0.132. The first-order chi connectivity index (χ1) is 7.61. The minimum atomic E-state index is -3.66. The molecule has 0 unspecified atom stereocenters. The summed E-state index contributed by atoms with van der Waals surface area (Å²) in [5, 5.41) is 0. The van der Waals surface area contributed by atoms with Crippen LogP contribution in [0.5, 0.6) is 5.75 Å². The van der Waals surface area contributed by atoms with Crippen LogP contribution in [0.15, 0.2) is 29.2 Å². The molecular weight excluding hydrogens is 228 g/mol. The number of ether oxygens (including phenoxy) is 1. The number of fused-ring (bicyclic) bond motifs is 1. The van der Waals surface area contributed by atoms with E-state index in [9.17, 15) is 8.42 Å². The van der Waals surface area contributed by atoms with Crippen LogP contribution < -0.4 is 4.74 Å². The topological polar surface area (TPSA) is 52.6 Å². The monoisotopic (exact) mass is 240 g/mol. The lowest BCUT2D eigenvalue weighted by Crippen LogP contribution is -2.41. The number of benzene rings is 1. The summed E-state index contributed by atoms with van der Waals surface area (Å²) in [5.41, 5.74) is 0. The molecule has 1 spiro atoms. The van der Waals surface area contributed by atoms with Crippen LogP contribution in [0, 0.1) is 0 Å². The van der Waals surface area contributed by atoms with Gasteiger partial charge in [-0.05, 0) is 25.0 Å². The quantitative estimate of drug-likeness (QED) is 0.651. The van der Waals surface area contributed by atoms with E-state index in [1.165, 1.54) is 6.07 Å². The predicted octanol–water partition coefficient (Wildman–Crippen LogP) is 2.05. The minimum absolute atomic E-state index is 0.132. The highest BCUT2D eigenvalue weighted by Gasteiger charge is 2.46. The second kappa shape index (κ2) is 3.21. The standard InChI is InChI=1S/C11H12O4S/c12-16(13)10-6-2-1-5-9(10)14-11(15-16)7-3-4-8-11/h1-2,5-6H,3-4,7-8H2. The van der Waals surface area contributed by atoms with Crippen molar-refractivity contribution < 1.29 is 17.3 Å². The molecule has 86 valence electrons. The van der Waals surface area contributed by atoms with Crippen molar-refractivity contribution in [1.82, 2.24) is 0 Å². The van der Waals surface area contributed by atoms with Crippen molar-refractivity contribution in [3.8, 4) is 5.75 Å². The second-order valence-electron chi connectivity index (χ2n) is 4.20. The molecule has 0 saturated heterocycles. The van der Waals surface area contributed by atoms with Crippen molar-refractivity contribution in [2.45, 2.75) is 36.4 Å². The van der Waals surface area contributed by atoms with Gasteiger partial charge in [0, 0.05) is 12.8 Å². The van der Waals surface area contributed by atoms with Gasteiger partial charge in [0.25, 0.3) is 0 Å². The first-order valence-electron chi connectivity index (χ1n) is 5.35. The fraction of sp³-hybridized carbons (Fsp3) is 0.455. The molecule has 4 nitrogen and oxygen atoms in total. The van der Waals surface area contributed by atoms with Gasteiger partial charge in [-0.25, -0.2) is 4.18 Å². The van der Waals surface area contributed by atoms with Crippen LogP contribution in [0.2, 0.25) is 0 Å². The summed E-state index contributed by atoms with van der Waals surface area (Å²) < 4.78 is 34.8. The van der Waals surface area contributed by atoms with Gasteiger partial charge in [0.1, 0.15) is 10.6 Å². The highest BCUT2D eigenvalue weighted by Crippen LogP contribution is 2.44. The Bertz CT molecular complexity index is 515. The van der Waals surface area contributed by atoms with Crippen LogP contribution in [0.1, 0.15) is 25.7 Å². The van der Waals surface area contributed by atoms with Crippen molar-refractivity contribution in [1.29, 1.82) is 0 Å². The zero-order valence-electron chi connectivity index (χ0n) is 8.68. The molecule has 1 aromatic rings. The van der Waals surface area contributed by atoms with E-state index in [-0.39, 0.29) is 4.90 Å². The largest absolute Gasteiger partial charge is 0.460 e. The zero-order chi connectivity index (χ0) is 11.2. The van der Waals surface area contributed by atoms with Crippen molar-refractivity contribution >= 4 is 10.1 Å². The van der Waals surface area contributed by atoms with E-state index in [1.807, 2.05) is 0 Å². The summed E-state index contributed by atoms with van der Waals surface area (Å²) in [6, 6.07) is 6.61. The zero-order valence-corrected chi connectivity index (χ0v) is 9.50. The molecule has 16 heavy (non-hydrogen) atoms. The van der Waals surface area contributed by atoms with Crippen molar-refractivity contribution in [2.75, 3.05) is 0 Å². The van der Waals surface area contributed by atoms with Crippen molar-refractivity contribution in [3.05, 3.63) is 24.3 Å². The molecule has 1 aliphatic heterocycles. The van der Waals surface area contributed by atoms with Gasteiger partial charge >= 0.3 is 10.1 Å². The van der Waals surface area contributed by atoms with E-state index in [2.05, 4.69) is 0 Å². The van der Waals surface area contributed by atoms with Gasteiger partial charge in [0.2, 0.25) is 5.79 Å². The first kappa shape index (κ1) is 10.1. The Balaban J connectivity index is 2.13. The molecule has 1 fully saturated rings. The minimum Gasteiger partial charge on any atom is -0.460 e. The number of hydrogen-bond donors (Lipinski definition) is 0. The first-order valence-corrected chi connectivity index (χ1v) is 6.76. The smallest absolute Gasteiger partial charge is 0.304 e. The summed E-state index contributed by atoms with van der Waals surface area (Å²) >= 11 is 0. The SMILES string of the molecule is O=S1(=O)OC2(CCCC2)Oc2ccccc21. The molecule has 0 N–H and O–H groups in total. The number of hydrogen-bond acceptors (Lipinski definition) is 4. The summed E-state index contributed by atoms with van der Waals surface area (Å²) in [6.45, 7) is 0. The Labute approximate surface area is 94.3 Å². The molecule has 1 aromatic carbocycles. The predicted molar refractivity (Wildman–Crippen MR) is 56.5 cm³/mol. The molecule has 0 amide bonds. The summed E-state index contributed by atoms with van der Waals surface area (Å²) in [5.74, 6) is -0.525. The average molecular weight is 240 g/mol. The molecule has 3 rings (SSSR count). The third-order valence-corrected chi connectivity index (χ3v) is 4.44. The van der Waals surface area contributed by atoms with Gasteiger partial charge in [-0.15, -0.1) is 0 Å². The van der Waals surface area contributed by atoms with Crippen LogP contribution >= 0.6 is 0 Å². The highest BCUT2D eigenvalue weighted by molar-refractivity contribution is 7.87. The molecule has 1 aliphatic carbocycles. The Morgan fingerprint density at radius 1 is 1.12 bits per heavy atom. The summed E-state index contributed by atoms with van der Waals surface area (Å²) in [6.07, 6.45) is 3.16. The maximum absolute atomic E-state index is 11.9. The van der Waals surface area contributed by atoms with Gasteiger partial charge in [-0.2, -0.15) is 8.42 Å². The van der Waals surface area contributed by atoms with Gasteiger partial charge in [0.15, 0.2) is 0 Å². The molecule has 2 aliphatic rings. The number of para-hydroxylation sites is 1. The van der Waals surface area contributed by atoms with E-state index in [1.54, 1.807) is 18.2 Å². The van der Waals surface area contributed by atoms with E-state index in [0.717, 1.165) is 12.8 Å². The maximum Gasteiger partial charge on any atom is 0.304 e. The van der Waals surface area contributed by atoms with E-state index >= 15 is 0 Å². The van der Waals surface area contributed by atoms with Gasteiger partial charge in [-0.3, -0.25) is 0 Å². The normalized spacial score (nSPS) is 25.0.